The number of aliphatic imine (C=N–C) groups is 1. The highest BCUT2D eigenvalue weighted by Crippen LogP contribution is 2.26. The molecule has 8 nitrogen and oxygen atoms in total. The lowest BCUT2D eigenvalue weighted by atomic mass is 9.96. The van der Waals surface area contributed by atoms with Crippen molar-refractivity contribution in [1.29, 1.82) is 0 Å². The molecule has 0 aliphatic carbocycles. The second-order valence-corrected chi connectivity index (χ2v) is 6.28. The van der Waals surface area contributed by atoms with Crippen molar-refractivity contribution < 1.29 is 18.7 Å². The van der Waals surface area contributed by atoms with Crippen LogP contribution in [0.5, 0.6) is 0 Å². The number of aryl methyl sites for hydroxylation is 2. The number of guanidine groups is 1. The Hall–Kier alpha value is -2.01. The number of nitrogens with one attached hydrogen (secondary N) is 2. The molecular formula is C18H27IN4O4. The zero-order valence-electron chi connectivity index (χ0n) is 16.0. The van der Waals surface area contributed by atoms with E-state index >= 15 is 0 Å². The van der Waals surface area contributed by atoms with Gasteiger partial charge in [-0.2, -0.15) is 0 Å². The average molecular weight is 490 g/mol. The molecule has 0 bridgehead atoms. The smallest absolute Gasteiger partial charge is 0.284 e. The highest BCUT2D eigenvalue weighted by molar-refractivity contribution is 14.0. The van der Waals surface area contributed by atoms with Crippen molar-refractivity contribution in [2.24, 2.45) is 10.7 Å². The second-order valence-electron chi connectivity index (χ2n) is 6.28. The highest BCUT2D eigenvalue weighted by Gasteiger charge is 2.27. The van der Waals surface area contributed by atoms with Gasteiger partial charge < -0.3 is 30.3 Å². The summed E-state index contributed by atoms with van der Waals surface area (Å²) in [4.78, 5) is 15.5. The number of amides is 1. The monoisotopic (exact) mass is 490 g/mol. The minimum atomic E-state index is -1.12. The molecule has 2 rings (SSSR count). The van der Waals surface area contributed by atoms with Crippen LogP contribution in [0.1, 0.15) is 47.2 Å². The number of hydrogen-bond acceptors (Lipinski definition) is 5. The van der Waals surface area contributed by atoms with Crippen LogP contribution in [-0.2, 0) is 12.1 Å². The van der Waals surface area contributed by atoms with Crippen LogP contribution in [0.2, 0.25) is 0 Å². The lowest BCUT2D eigenvalue weighted by Crippen LogP contribution is -2.44. The predicted octanol–water partition coefficient (Wildman–Crippen LogP) is 2.17. The largest absolute Gasteiger partial charge is 0.466 e. The number of nitrogens with two attached hydrogens (primary N) is 1. The van der Waals surface area contributed by atoms with Crippen molar-refractivity contribution >= 4 is 35.8 Å². The van der Waals surface area contributed by atoms with Gasteiger partial charge >= 0.3 is 0 Å². The number of carbonyl (C=O) groups excluding carboxylic acids is 1. The van der Waals surface area contributed by atoms with Gasteiger partial charge in [0.05, 0.1) is 6.54 Å². The van der Waals surface area contributed by atoms with E-state index in [0.29, 0.717) is 24.0 Å². The first-order chi connectivity index (χ1) is 12.2. The van der Waals surface area contributed by atoms with Crippen LogP contribution in [0.4, 0.5) is 0 Å². The van der Waals surface area contributed by atoms with Crippen LogP contribution >= 0.6 is 24.0 Å². The summed E-state index contributed by atoms with van der Waals surface area (Å²) in [5.74, 6) is 1.95. The molecule has 0 fully saturated rings. The van der Waals surface area contributed by atoms with E-state index in [1.54, 1.807) is 13.0 Å². The molecule has 150 valence electrons. The van der Waals surface area contributed by atoms with Gasteiger partial charge in [-0.15, -0.1) is 24.0 Å². The van der Waals surface area contributed by atoms with Crippen LogP contribution in [-0.4, -0.2) is 30.1 Å². The van der Waals surface area contributed by atoms with Crippen molar-refractivity contribution in [3.05, 3.63) is 46.8 Å². The lowest BCUT2D eigenvalue weighted by Gasteiger charge is -2.24. The first-order valence-corrected chi connectivity index (χ1v) is 8.43. The topological polar surface area (TPSA) is 126 Å². The van der Waals surface area contributed by atoms with Crippen molar-refractivity contribution in [1.82, 2.24) is 10.6 Å². The molecule has 0 saturated heterocycles. The third-order valence-electron chi connectivity index (χ3n) is 3.86. The van der Waals surface area contributed by atoms with Crippen molar-refractivity contribution in [2.45, 2.75) is 39.8 Å². The van der Waals surface area contributed by atoms with Crippen molar-refractivity contribution in [3.63, 3.8) is 0 Å². The number of furan rings is 2. The minimum absolute atomic E-state index is 0. The Morgan fingerprint density at radius 1 is 1.30 bits per heavy atom. The molecular weight excluding hydrogens is 463 g/mol. The lowest BCUT2D eigenvalue weighted by molar-refractivity contribution is 0.0601. The van der Waals surface area contributed by atoms with Crippen molar-refractivity contribution in [3.8, 4) is 0 Å². The number of halogens is 1. The Labute approximate surface area is 175 Å². The third kappa shape index (κ3) is 6.28. The molecule has 2 heterocycles. The summed E-state index contributed by atoms with van der Waals surface area (Å²) in [6, 6.07) is 5.00. The van der Waals surface area contributed by atoms with Crippen LogP contribution in [0.3, 0.4) is 0 Å². The Balaban J connectivity index is 0.00000364. The molecule has 27 heavy (non-hydrogen) atoms. The van der Waals surface area contributed by atoms with Gasteiger partial charge in [0.15, 0.2) is 11.7 Å². The molecule has 0 aromatic carbocycles. The normalized spacial score (nSPS) is 13.6. The summed E-state index contributed by atoms with van der Waals surface area (Å²) in [5, 5.41) is 17.0. The Morgan fingerprint density at radius 2 is 2.00 bits per heavy atom. The van der Waals surface area contributed by atoms with Crippen molar-refractivity contribution in [2.75, 3.05) is 13.1 Å². The number of carbonyl (C=O) groups is 1. The molecule has 1 atom stereocenters. The van der Waals surface area contributed by atoms with E-state index in [-0.39, 0.29) is 42.8 Å². The molecule has 9 heteroatoms. The average Bonchev–Trinajstić information content (AvgIpc) is 3.17. The molecule has 1 unspecified atom stereocenters. The first-order valence-electron chi connectivity index (χ1n) is 8.43. The van der Waals surface area contributed by atoms with Gasteiger partial charge in [-0.25, -0.2) is 4.99 Å². The Morgan fingerprint density at radius 3 is 2.52 bits per heavy atom. The summed E-state index contributed by atoms with van der Waals surface area (Å²) < 4.78 is 10.8. The SMILES string of the molecule is CCNC(=NCc1ccc(C(N)=O)o1)NCC(C)(O)c1cc(C)oc1C.I. The maximum absolute atomic E-state index is 11.1. The number of aliphatic hydroxyl groups is 1. The van der Waals surface area contributed by atoms with Crippen LogP contribution in [0.25, 0.3) is 0 Å². The fourth-order valence-corrected chi connectivity index (χ4v) is 2.61. The molecule has 0 saturated carbocycles. The van der Waals surface area contributed by atoms with E-state index in [1.165, 1.54) is 6.07 Å². The first kappa shape index (κ1) is 23.0. The van der Waals surface area contributed by atoms with Crippen LogP contribution < -0.4 is 16.4 Å². The number of rotatable bonds is 7. The van der Waals surface area contributed by atoms with Gasteiger partial charge in [-0.3, -0.25) is 4.79 Å². The molecule has 5 N–H and O–H groups in total. The molecule has 0 radical (unpaired) electrons. The van der Waals surface area contributed by atoms with Gasteiger partial charge in [0.2, 0.25) is 0 Å². The summed E-state index contributed by atoms with van der Waals surface area (Å²) in [7, 11) is 0. The second kappa shape index (κ2) is 9.79. The zero-order chi connectivity index (χ0) is 19.3. The standard InChI is InChI=1S/C18H26N4O4.HI/c1-5-20-17(21-9-13-6-7-15(26-13)16(19)23)22-10-18(4,24)14-8-11(2)25-12(14)3;/h6-8,24H,5,9-10H2,1-4H3,(H2,19,23)(H2,20,21,22);1H. The summed E-state index contributed by atoms with van der Waals surface area (Å²) in [5.41, 5.74) is 4.78. The van der Waals surface area contributed by atoms with E-state index in [4.69, 9.17) is 14.6 Å². The fourth-order valence-electron chi connectivity index (χ4n) is 2.61. The number of nitrogens with zero attached hydrogens (tertiary/aromatic N) is 1. The van der Waals surface area contributed by atoms with Gasteiger partial charge in [0.1, 0.15) is 29.4 Å². The molecule has 0 spiro atoms. The summed E-state index contributed by atoms with van der Waals surface area (Å²) in [6.07, 6.45) is 0. The van der Waals surface area contributed by atoms with E-state index in [2.05, 4.69) is 15.6 Å². The molecule has 2 aromatic rings. The molecule has 1 amide bonds. The maximum Gasteiger partial charge on any atom is 0.284 e. The predicted molar refractivity (Wildman–Crippen MR) is 113 cm³/mol. The van der Waals surface area contributed by atoms with Crippen LogP contribution in [0, 0.1) is 13.8 Å². The fraction of sp³-hybridized carbons (Fsp3) is 0.444. The summed E-state index contributed by atoms with van der Waals surface area (Å²) in [6.45, 7) is 8.45. The van der Waals surface area contributed by atoms with Crippen LogP contribution in [0.15, 0.2) is 32.0 Å². The number of hydrogen-bond donors (Lipinski definition) is 4. The highest BCUT2D eigenvalue weighted by atomic mass is 127. The van der Waals surface area contributed by atoms with Gasteiger partial charge in [0.25, 0.3) is 5.91 Å². The Kier molecular flexibility index (Phi) is 8.35. The van der Waals surface area contributed by atoms with E-state index < -0.39 is 11.5 Å². The minimum Gasteiger partial charge on any atom is -0.466 e. The van der Waals surface area contributed by atoms with E-state index in [1.807, 2.05) is 26.8 Å². The number of primary amides is 1. The van der Waals surface area contributed by atoms with E-state index in [0.717, 1.165) is 11.3 Å². The quantitative estimate of drug-likeness (QED) is 0.268. The summed E-state index contributed by atoms with van der Waals surface area (Å²) >= 11 is 0. The zero-order valence-corrected chi connectivity index (χ0v) is 18.3. The molecule has 0 aliphatic rings. The van der Waals surface area contributed by atoms with E-state index in [9.17, 15) is 9.90 Å². The van der Waals surface area contributed by atoms with Gasteiger partial charge in [-0.1, -0.05) is 0 Å². The molecule has 0 aliphatic heterocycles. The van der Waals surface area contributed by atoms with Gasteiger partial charge in [-0.05, 0) is 45.9 Å². The van der Waals surface area contributed by atoms with Gasteiger partial charge in [0, 0.05) is 12.1 Å². The third-order valence-corrected chi connectivity index (χ3v) is 3.86. The maximum atomic E-state index is 11.1. The Bertz CT molecular complexity index is 795. The molecule has 2 aromatic heterocycles.